The van der Waals surface area contributed by atoms with E-state index in [0.717, 1.165) is 22.6 Å². The summed E-state index contributed by atoms with van der Waals surface area (Å²) >= 11 is 0. The first-order chi connectivity index (χ1) is 18.1. The minimum absolute atomic E-state index is 0.333. The molecule has 0 bridgehead atoms. The Morgan fingerprint density at radius 1 is 0.676 bits per heavy atom. The van der Waals surface area contributed by atoms with Gasteiger partial charge in [-0.3, -0.25) is 0 Å². The fourth-order valence-electron chi connectivity index (χ4n) is 4.06. The van der Waals surface area contributed by atoms with Crippen LogP contribution in [0.15, 0.2) is 103 Å². The average Bonchev–Trinajstić information content (AvgIpc) is 3.42. The SMILES string of the molecule is Fc1ccc(-c2nc3ccc(NCc4cn(-c5ccccc5)nn4)cc3nc2-c2ccc(F)cc2)cc1. The second-order valence-electron chi connectivity index (χ2n) is 8.48. The minimum atomic E-state index is -0.337. The lowest BCUT2D eigenvalue weighted by molar-refractivity contribution is 0.627. The first-order valence-electron chi connectivity index (χ1n) is 11.7. The molecule has 0 aliphatic rings. The van der Waals surface area contributed by atoms with E-state index in [2.05, 4.69) is 15.6 Å². The Bertz CT molecular complexity index is 1680. The van der Waals surface area contributed by atoms with Gasteiger partial charge in [0.2, 0.25) is 0 Å². The van der Waals surface area contributed by atoms with Gasteiger partial charge in [0.1, 0.15) is 17.3 Å². The quantitative estimate of drug-likeness (QED) is 0.291. The fraction of sp³-hybridized carbons (Fsp3) is 0.0345. The molecule has 6 nitrogen and oxygen atoms in total. The number of para-hydroxylation sites is 1. The van der Waals surface area contributed by atoms with E-state index in [0.29, 0.717) is 34.5 Å². The molecule has 0 aliphatic carbocycles. The number of nitrogens with one attached hydrogen (secondary N) is 1. The van der Waals surface area contributed by atoms with E-state index in [9.17, 15) is 8.78 Å². The molecule has 0 spiro atoms. The molecule has 8 heteroatoms. The van der Waals surface area contributed by atoms with Crippen molar-refractivity contribution >= 4 is 16.7 Å². The van der Waals surface area contributed by atoms with E-state index in [1.54, 1.807) is 28.9 Å². The summed E-state index contributed by atoms with van der Waals surface area (Å²) in [7, 11) is 0. The van der Waals surface area contributed by atoms with Gasteiger partial charge < -0.3 is 5.32 Å². The predicted molar refractivity (Wildman–Crippen MR) is 139 cm³/mol. The second kappa shape index (κ2) is 9.58. The van der Waals surface area contributed by atoms with Crippen molar-refractivity contribution in [1.82, 2.24) is 25.0 Å². The molecule has 0 saturated carbocycles. The molecular weight excluding hydrogens is 470 g/mol. The number of hydrogen-bond acceptors (Lipinski definition) is 5. The van der Waals surface area contributed by atoms with Crippen LogP contribution in [0.5, 0.6) is 0 Å². The standard InChI is InChI=1S/C29H20F2N6/c30-21-10-6-19(7-11-21)28-29(20-8-12-22(31)13-9-20)34-27-16-23(14-15-26(27)33-28)32-17-24-18-37(36-35-24)25-4-2-1-3-5-25/h1-16,18,32H,17H2. The van der Waals surface area contributed by atoms with Crippen molar-refractivity contribution in [3.8, 4) is 28.2 Å². The van der Waals surface area contributed by atoms with Crippen molar-refractivity contribution < 1.29 is 8.78 Å². The van der Waals surface area contributed by atoms with Crippen LogP contribution in [0, 0.1) is 11.6 Å². The Balaban J connectivity index is 1.32. The largest absolute Gasteiger partial charge is 0.379 e. The van der Waals surface area contributed by atoms with Crippen molar-refractivity contribution in [1.29, 1.82) is 0 Å². The summed E-state index contributed by atoms with van der Waals surface area (Å²) in [4.78, 5) is 9.72. The zero-order chi connectivity index (χ0) is 25.2. The number of fused-ring (bicyclic) bond motifs is 1. The molecule has 0 aliphatic heterocycles. The average molecular weight is 491 g/mol. The summed E-state index contributed by atoms with van der Waals surface area (Å²) in [6, 6.07) is 27.7. The number of aromatic nitrogens is 5. The van der Waals surface area contributed by atoms with Gasteiger partial charge in [0.25, 0.3) is 0 Å². The summed E-state index contributed by atoms with van der Waals surface area (Å²) in [5, 5.41) is 11.8. The monoisotopic (exact) mass is 490 g/mol. The van der Waals surface area contributed by atoms with Crippen LogP contribution in [0.2, 0.25) is 0 Å². The number of anilines is 1. The molecule has 180 valence electrons. The Hall–Kier alpha value is -4.98. The first-order valence-corrected chi connectivity index (χ1v) is 11.7. The molecule has 2 heterocycles. The molecule has 37 heavy (non-hydrogen) atoms. The highest BCUT2D eigenvalue weighted by molar-refractivity contribution is 5.87. The number of halogens is 2. The van der Waals surface area contributed by atoms with Gasteiger partial charge in [-0.15, -0.1) is 5.10 Å². The van der Waals surface area contributed by atoms with Crippen molar-refractivity contribution in [3.05, 3.63) is 121 Å². The molecule has 6 aromatic rings. The van der Waals surface area contributed by atoms with E-state index in [1.807, 2.05) is 54.7 Å². The van der Waals surface area contributed by atoms with Gasteiger partial charge in [-0.2, -0.15) is 0 Å². The van der Waals surface area contributed by atoms with E-state index in [4.69, 9.17) is 9.97 Å². The molecule has 4 aromatic carbocycles. The smallest absolute Gasteiger partial charge is 0.123 e. The van der Waals surface area contributed by atoms with Crippen LogP contribution in [-0.4, -0.2) is 25.0 Å². The molecule has 2 aromatic heterocycles. The summed E-state index contributed by atoms with van der Waals surface area (Å²) in [5.74, 6) is -0.670. The third kappa shape index (κ3) is 4.77. The Labute approximate surface area is 211 Å². The normalized spacial score (nSPS) is 11.1. The molecule has 0 unspecified atom stereocenters. The Morgan fingerprint density at radius 3 is 1.95 bits per heavy atom. The van der Waals surface area contributed by atoms with Crippen molar-refractivity contribution in [2.75, 3.05) is 5.32 Å². The first kappa shape index (κ1) is 22.5. The van der Waals surface area contributed by atoms with Crippen LogP contribution in [0.3, 0.4) is 0 Å². The maximum absolute atomic E-state index is 13.6. The van der Waals surface area contributed by atoms with Crippen LogP contribution < -0.4 is 5.32 Å². The molecule has 0 fully saturated rings. The summed E-state index contributed by atoms with van der Waals surface area (Å²) in [6.45, 7) is 0.476. The Morgan fingerprint density at radius 2 is 1.30 bits per heavy atom. The highest BCUT2D eigenvalue weighted by Gasteiger charge is 2.14. The summed E-state index contributed by atoms with van der Waals surface area (Å²) in [6.07, 6.45) is 1.88. The predicted octanol–water partition coefficient (Wildman–Crippen LogP) is 6.43. The fourth-order valence-corrected chi connectivity index (χ4v) is 4.06. The third-order valence-electron chi connectivity index (χ3n) is 5.93. The lowest BCUT2D eigenvalue weighted by atomic mass is 10.0. The van der Waals surface area contributed by atoms with Crippen LogP contribution in [0.25, 0.3) is 39.2 Å². The van der Waals surface area contributed by atoms with Gasteiger partial charge in [-0.1, -0.05) is 23.4 Å². The van der Waals surface area contributed by atoms with Gasteiger partial charge in [0.15, 0.2) is 0 Å². The molecule has 0 amide bonds. The number of hydrogen-bond donors (Lipinski definition) is 1. The number of benzene rings is 4. The van der Waals surface area contributed by atoms with Crippen molar-refractivity contribution in [2.45, 2.75) is 6.54 Å². The van der Waals surface area contributed by atoms with Gasteiger partial charge in [0, 0.05) is 16.8 Å². The zero-order valence-electron chi connectivity index (χ0n) is 19.5. The van der Waals surface area contributed by atoms with Crippen LogP contribution in [0.4, 0.5) is 14.5 Å². The van der Waals surface area contributed by atoms with Crippen LogP contribution >= 0.6 is 0 Å². The zero-order valence-corrected chi connectivity index (χ0v) is 19.5. The van der Waals surface area contributed by atoms with E-state index in [1.165, 1.54) is 24.3 Å². The van der Waals surface area contributed by atoms with E-state index < -0.39 is 0 Å². The lowest BCUT2D eigenvalue weighted by Gasteiger charge is -2.12. The maximum Gasteiger partial charge on any atom is 0.123 e. The molecular formula is C29H20F2N6. The highest BCUT2D eigenvalue weighted by Crippen LogP contribution is 2.32. The van der Waals surface area contributed by atoms with Crippen LogP contribution in [0.1, 0.15) is 5.69 Å². The van der Waals surface area contributed by atoms with Crippen LogP contribution in [-0.2, 0) is 6.54 Å². The Kier molecular flexibility index (Phi) is 5.82. The lowest BCUT2D eigenvalue weighted by Crippen LogP contribution is -2.01. The second-order valence-corrected chi connectivity index (χ2v) is 8.48. The minimum Gasteiger partial charge on any atom is -0.379 e. The topological polar surface area (TPSA) is 68.5 Å². The van der Waals surface area contributed by atoms with Gasteiger partial charge in [-0.25, -0.2) is 23.4 Å². The third-order valence-corrected chi connectivity index (χ3v) is 5.93. The summed E-state index contributed by atoms with van der Waals surface area (Å²) in [5.41, 5.74) is 6.54. The highest BCUT2D eigenvalue weighted by atomic mass is 19.1. The number of rotatable bonds is 6. The van der Waals surface area contributed by atoms with E-state index in [-0.39, 0.29) is 11.6 Å². The van der Waals surface area contributed by atoms with Crippen molar-refractivity contribution in [2.24, 2.45) is 0 Å². The molecule has 0 radical (unpaired) electrons. The molecule has 1 N–H and O–H groups in total. The van der Waals surface area contributed by atoms with Gasteiger partial charge in [-0.05, 0) is 78.9 Å². The van der Waals surface area contributed by atoms with Gasteiger partial charge in [0.05, 0.1) is 40.9 Å². The number of nitrogens with zero attached hydrogens (tertiary/aromatic N) is 5. The van der Waals surface area contributed by atoms with Crippen molar-refractivity contribution in [3.63, 3.8) is 0 Å². The molecule has 0 saturated heterocycles. The van der Waals surface area contributed by atoms with Gasteiger partial charge >= 0.3 is 0 Å². The molecule has 6 rings (SSSR count). The molecule has 0 atom stereocenters. The maximum atomic E-state index is 13.6. The van der Waals surface area contributed by atoms with E-state index >= 15 is 0 Å². The summed E-state index contributed by atoms with van der Waals surface area (Å²) < 4.78 is 28.9.